The molecule has 2 aromatic rings. The molecule has 2 heterocycles. The molecule has 0 aromatic carbocycles. The molecule has 0 radical (unpaired) electrons. The van der Waals surface area contributed by atoms with E-state index in [4.69, 9.17) is 10.2 Å². The van der Waals surface area contributed by atoms with Crippen molar-refractivity contribution in [3.63, 3.8) is 0 Å². The number of aromatic nitrogens is 2. The van der Waals surface area contributed by atoms with Crippen molar-refractivity contribution in [1.82, 2.24) is 9.97 Å². The molecule has 5 nitrogen and oxygen atoms in total. The molecular weight excluding hydrogens is 180 g/mol. The maximum Gasteiger partial charge on any atom is 0.217 e. The largest absolute Gasteiger partial charge is 0.428 e. The highest BCUT2D eigenvalue weighted by Crippen LogP contribution is 2.15. The highest BCUT2D eigenvalue weighted by atomic mass is 16.4. The van der Waals surface area contributed by atoms with E-state index in [2.05, 4.69) is 15.3 Å². The lowest BCUT2D eigenvalue weighted by molar-refractivity contribution is 0.575. The van der Waals surface area contributed by atoms with Gasteiger partial charge in [-0.25, -0.2) is 4.98 Å². The fourth-order valence-electron chi connectivity index (χ4n) is 1.09. The second kappa shape index (κ2) is 3.89. The summed E-state index contributed by atoms with van der Waals surface area (Å²) in [6.07, 6.45) is 4.66. The van der Waals surface area contributed by atoms with Crippen molar-refractivity contribution < 1.29 is 4.42 Å². The summed E-state index contributed by atoms with van der Waals surface area (Å²) in [6, 6.07) is 3.70. The predicted molar refractivity (Wildman–Crippen MR) is 51.9 cm³/mol. The van der Waals surface area contributed by atoms with E-state index in [-0.39, 0.29) is 0 Å². The molecule has 0 amide bonds. The third-order valence-corrected chi connectivity index (χ3v) is 1.73. The van der Waals surface area contributed by atoms with E-state index in [1.54, 1.807) is 12.4 Å². The van der Waals surface area contributed by atoms with Gasteiger partial charge in [0.05, 0.1) is 11.9 Å². The van der Waals surface area contributed by atoms with Gasteiger partial charge in [0.2, 0.25) is 5.88 Å². The van der Waals surface area contributed by atoms with E-state index < -0.39 is 0 Å². The van der Waals surface area contributed by atoms with Crippen LogP contribution >= 0.6 is 0 Å². The van der Waals surface area contributed by atoms with E-state index in [1.807, 2.05) is 12.1 Å². The SMILES string of the molecule is NCc1cc(Nc2cnco2)ccn1. The van der Waals surface area contributed by atoms with E-state index in [0.717, 1.165) is 11.4 Å². The highest BCUT2D eigenvalue weighted by molar-refractivity contribution is 5.53. The van der Waals surface area contributed by atoms with Gasteiger partial charge in [0.25, 0.3) is 0 Å². The Kier molecular flexibility index (Phi) is 2.42. The number of anilines is 2. The van der Waals surface area contributed by atoms with Crippen molar-refractivity contribution in [3.05, 3.63) is 36.6 Å². The number of nitrogens with zero attached hydrogens (tertiary/aromatic N) is 2. The number of nitrogens with one attached hydrogen (secondary N) is 1. The molecule has 0 unspecified atom stereocenters. The first kappa shape index (κ1) is 8.71. The summed E-state index contributed by atoms with van der Waals surface area (Å²) in [7, 11) is 0. The molecule has 2 aromatic heterocycles. The van der Waals surface area contributed by atoms with Crippen LogP contribution in [0.4, 0.5) is 11.6 Å². The molecule has 0 aliphatic carbocycles. The normalized spacial score (nSPS) is 10.1. The van der Waals surface area contributed by atoms with Crippen LogP contribution < -0.4 is 11.1 Å². The van der Waals surface area contributed by atoms with Crippen LogP contribution in [0.3, 0.4) is 0 Å². The minimum Gasteiger partial charge on any atom is -0.428 e. The Morgan fingerprint density at radius 2 is 2.43 bits per heavy atom. The van der Waals surface area contributed by atoms with Crippen LogP contribution in [0, 0.1) is 0 Å². The monoisotopic (exact) mass is 190 g/mol. The summed E-state index contributed by atoms with van der Waals surface area (Å²) in [5, 5.41) is 3.03. The molecule has 0 aliphatic heterocycles. The fourth-order valence-corrected chi connectivity index (χ4v) is 1.09. The summed E-state index contributed by atoms with van der Waals surface area (Å²) >= 11 is 0. The van der Waals surface area contributed by atoms with Gasteiger partial charge in [-0.3, -0.25) is 4.98 Å². The zero-order chi connectivity index (χ0) is 9.80. The van der Waals surface area contributed by atoms with Crippen LogP contribution in [0.5, 0.6) is 0 Å². The van der Waals surface area contributed by atoms with Gasteiger partial charge in [-0.2, -0.15) is 0 Å². The van der Waals surface area contributed by atoms with Crippen molar-refractivity contribution in [1.29, 1.82) is 0 Å². The lowest BCUT2D eigenvalue weighted by Gasteiger charge is -2.02. The number of nitrogens with two attached hydrogens (primary N) is 1. The van der Waals surface area contributed by atoms with Gasteiger partial charge in [0, 0.05) is 18.4 Å². The second-order valence-corrected chi connectivity index (χ2v) is 2.73. The van der Waals surface area contributed by atoms with Gasteiger partial charge in [0.1, 0.15) is 0 Å². The highest BCUT2D eigenvalue weighted by Gasteiger charge is 1.98. The molecule has 0 fully saturated rings. The third-order valence-electron chi connectivity index (χ3n) is 1.73. The molecule has 0 aliphatic rings. The van der Waals surface area contributed by atoms with Gasteiger partial charge in [-0.15, -0.1) is 0 Å². The van der Waals surface area contributed by atoms with Gasteiger partial charge < -0.3 is 15.5 Å². The Labute approximate surface area is 81.0 Å². The van der Waals surface area contributed by atoms with Crippen LogP contribution in [0.1, 0.15) is 5.69 Å². The second-order valence-electron chi connectivity index (χ2n) is 2.73. The van der Waals surface area contributed by atoms with Crippen molar-refractivity contribution in [2.45, 2.75) is 6.54 Å². The standard InChI is InChI=1S/C9H10N4O/c10-4-8-3-7(1-2-12-8)13-9-5-11-6-14-9/h1-3,5-6H,4,10H2,(H,12,13). The molecule has 0 atom stereocenters. The van der Waals surface area contributed by atoms with E-state index in [0.29, 0.717) is 12.4 Å². The minimum absolute atomic E-state index is 0.423. The summed E-state index contributed by atoms with van der Waals surface area (Å²) in [6.45, 7) is 0.423. The molecule has 14 heavy (non-hydrogen) atoms. The van der Waals surface area contributed by atoms with E-state index >= 15 is 0 Å². The number of hydrogen-bond acceptors (Lipinski definition) is 5. The van der Waals surface area contributed by atoms with Crippen LogP contribution in [-0.4, -0.2) is 9.97 Å². The zero-order valence-corrected chi connectivity index (χ0v) is 7.47. The Morgan fingerprint density at radius 3 is 3.14 bits per heavy atom. The Bertz CT molecular complexity index is 399. The maximum absolute atomic E-state index is 5.47. The van der Waals surface area contributed by atoms with Crippen molar-refractivity contribution in [2.24, 2.45) is 5.73 Å². The van der Waals surface area contributed by atoms with Crippen LogP contribution in [0.15, 0.2) is 35.3 Å². The van der Waals surface area contributed by atoms with Crippen molar-refractivity contribution in [3.8, 4) is 0 Å². The predicted octanol–water partition coefficient (Wildman–Crippen LogP) is 1.27. The fraction of sp³-hybridized carbons (Fsp3) is 0.111. The molecule has 0 saturated carbocycles. The smallest absolute Gasteiger partial charge is 0.217 e. The third kappa shape index (κ3) is 1.89. The molecule has 3 N–H and O–H groups in total. The Hall–Kier alpha value is -1.88. The molecular formula is C9H10N4O. The number of pyridine rings is 1. The van der Waals surface area contributed by atoms with E-state index in [1.165, 1.54) is 6.39 Å². The molecule has 0 saturated heterocycles. The number of hydrogen-bond donors (Lipinski definition) is 2. The van der Waals surface area contributed by atoms with Gasteiger partial charge in [-0.05, 0) is 12.1 Å². The molecule has 0 spiro atoms. The summed E-state index contributed by atoms with van der Waals surface area (Å²) in [4.78, 5) is 7.87. The quantitative estimate of drug-likeness (QED) is 0.762. The minimum atomic E-state index is 0.423. The lowest BCUT2D eigenvalue weighted by atomic mass is 10.3. The van der Waals surface area contributed by atoms with Crippen LogP contribution in [-0.2, 0) is 6.54 Å². The topological polar surface area (TPSA) is 77.0 Å². The van der Waals surface area contributed by atoms with Crippen molar-refractivity contribution in [2.75, 3.05) is 5.32 Å². The molecule has 72 valence electrons. The van der Waals surface area contributed by atoms with Crippen LogP contribution in [0.25, 0.3) is 0 Å². The molecule has 5 heteroatoms. The van der Waals surface area contributed by atoms with Gasteiger partial charge >= 0.3 is 0 Å². The Balaban J connectivity index is 2.17. The van der Waals surface area contributed by atoms with Crippen molar-refractivity contribution >= 4 is 11.6 Å². The summed E-state index contributed by atoms with van der Waals surface area (Å²) in [5.74, 6) is 0.596. The van der Waals surface area contributed by atoms with Gasteiger partial charge in [0.15, 0.2) is 6.39 Å². The average molecular weight is 190 g/mol. The van der Waals surface area contributed by atoms with E-state index in [9.17, 15) is 0 Å². The number of oxazole rings is 1. The summed E-state index contributed by atoms with van der Waals surface area (Å²) < 4.78 is 5.04. The van der Waals surface area contributed by atoms with Gasteiger partial charge in [-0.1, -0.05) is 0 Å². The Morgan fingerprint density at radius 1 is 1.50 bits per heavy atom. The first-order chi connectivity index (χ1) is 6.88. The summed E-state index contributed by atoms with van der Waals surface area (Å²) in [5.41, 5.74) is 7.18. The number of rotatable bonds is 3. The first-order valence-corrected chi connectivity index (χ1v) is 4.19. The molecule has 0 bridgehead atoms. The lowest BCUT2D eigenvalue weighted by Crippen LogP contribution is -2.00. The van der Waals surface area contributed by atoms with Crippen LogP contribution in [0.2, 0.25) is 0 Å². The molecule has 2 rings (SSSR count). The first-order valence-electron chi connectivity index (χ1n) is 4.19. The zero-order valence-electron chi connectivity index (χ0n) is 7.47. The average Bonchev–Trinajstić information content (AvgIpc) is 2.71. The maximum atomic E-state index is 5.47.